The Bertz CT molecular complexity index is 2720. The van der Waals surface area contributed by atoms with Crippen molar-refractivity contribution in [2.24, 2.45) is 0 Å². The van der Waals surface area contributed by atoms with Gasteiger partial charge in [0.1, 0.15) is 0 Å². The summed E-state index contributed by atoms with van der Waals surface area (Å²) in [4.78, 5) is 4.38. The van der Waals surface area contributed by atoms with E-state index in [0.29, 0.717) is 0 Å². The number of rotatable bonds is 6. The maximum atomic E-state index is 15.3. The zero-order valence-electron chi connectivity index (χ0n) is 28.3. The van der Waals surface area contributed by atoms with Crippen molar-refractivity contribution in [1.29, 1.82) is 0 Å². The lowest BCUT2D eigenvalue weighted by molar-refractivity contribution is 0.592. The highest BCUT2D eigenvalue weighted by Crippen LogP contribution is 2.56. The molecule has 0 aliphatic heterocycles. The van der Waals surface area contributed by atoms with E-state index in [1.807, 2.05) is 42.5 Å². The first-order chi connectivity index (χ1) is 25.7. The Morgan fingerprint density at radius 2 is 1.02 bits per heavy atom. The number of hydrogen-bond donors (Lipinski definition) is 0. The van der Waals surface area contributed by atoms with Gasteiger partial charge in [-0.05, 0) is 75.8 Å². The Hall–Kier alpha value is -6.28. The third-order valence-corrected chi connectivity index (χ3v) is 13.9. The predicted octanol–water partition coefficient (Wildman–Crippen LogP) is 10.2. The van der Waals surface area contributed by atoms with Gasteiger partial charge in [-0.25, -0.2) is 0 Å². The van der Waals surface area contributed by atoms with Crippen molar-refractivity contribution in [2.45, 2.75) is 5.41 Å². The van der Waals surface area contributed by atoms with Crippen LogP contribution in [0.15, 0.2) is 200 Å². The second kappa shape index (κ2) is 11.9. The van der Waals surface area contributed by atoms with Crippen LogP contribution in [0, 0.1) is 0 Å². The van der Waals surface area contributed by atoms with E-state index in [2.05, 4.69) is 155 Å². The Labute approximate surface area is 302 Å². The summed E-state index contributed by atoms with van der Waals surface area (Å²) in [5.74, 6) is 0. The Balaban J connectivity index is 1.25. The van der Waals surface area contributed by atoms with Crippen LogP contribution in [0.1, 0.15) is 22.3 Å². The summed E-state index contributed by atoms with van der Waals surface area (Å²) in [6.07, 6.45) is 3.47. The molecule has 246 valence electrons. The topological polar surface area (TPSA) is 34.9 Å². The monoisotopic (exact) mass is 684 g/mol. The Morgan fingerprint density at radius 3 is 1.71 bits per heavy atom. The van der Waals surface area contributed by atoms with Gasteiger partial charge in [0.05, 0.1) is 16.4 Å². The van der Waals surface area contributed by atoms with Gasteiger partial charge in [0.15, 0.2) is 7.14 Å². The molecule has 0 saturated heterocycles. The molecule has 10 rings (SSSR count). The number of hydrogen-bond acceptors (Lipinski definition) is 2. The first-order valence-electron chi connectivity index (χ1n) is 17.6. The van der Waals surface area contributed by atoms with E-state index in [4.69, 9.17) is 0 Å². The predicted molar refractivity (Wildman–Crippen MR) is 215 cm³/mol. The molecular formula is C48H33N2OP. The minimum absolute atomic E-state index is 0.610. The van der Waals surface area contributed by atoms with Crippen LogP contribution in [0.4, 0.5) is 0 Å². The lowest BCUT2D eigenvalue weighted by Gasteiger charge is -2.34. The van der Waals surface area contributed by atoms with E-state index in [1.165, 1.54) is 49.6 Å². The molecule has 1 atom stereocenters. The highest BCUT2D eigenvalue weighted by atomic mass is 31.2. The van der Waals surface area contributed by atoms with Crippen LogP contribution in [-0.4, -0.2) is 9.55 Å². The standard InChI is InChI=1S/C48H33N2OP/c51-52(37-16-5-2-6-17-37,39-18-13-31-49-33-39)38-28-25-34(26-29-38)48(44-22-10-7-19-40(44)41-20-8-11-23-45(41)48)35-27-30-47-43(32-35)42-21-9-12-24-46(42)50(47)36-14-3-1-4-15-36/h1-33H. The van der Waals surface area contributed by atoms with Crippen molar-refractivity contribution < 1.29 is 4.57 Å². The van der Waals surface area contributed by atoms with Gasteiger partial charge < -0.3 is 9.13 Å². The first-order valence-corrected chi connectivity index (χ1v) is 19.4. The molecule has 1 aliphatic rings. The van der Waals surface area contributed by atoms with Gasteiger partial charge in [0, 0.05) is 44.8 Å². The molecule has 0 bridgehead atoms. The number of benzene rings is 7. The maximum Gasteiger partial charge on any atom is 0.172 e. The number of para-hydroxylation sites is 2. The summed E-state index contributed by atoms with van der Waals surface area (Å²) in [5.41, 5.74) is 10.2. The molecule has 1 aliphatic carbocycles. The summed E-state index contributed by atoms with van der Waals surface area (Å²) >= 11 is 0. The quantitative estimate of drug-likeness (QED) is 0.164. The zero-order chi connectivity index (χ0) is 34.7. The number of aromatic nitrogens is 2. The summed E-state index contributed by atoms with van der Waals surface area (Å²) < 4.78 is 17.7. The summed E-state index contributed by atoms with van der Waals surface area (Å²) in [6, 6.07) is 66.1. The fraction of sp³-hybridized carbons (Fsp3) is 0.0208. The average Bonchev–Trinajstić information content (AvgIpc) is 3.72. The van der Waals surface area contributed by atoms with Crippen molar-refractivity contribution in [2.75, 3.05) is 0 Å². The highest BCUT2D eigenvalue weighted by molar-refractivity contribution is 7.85. The van der Waals surface area contributed by atoms with E-state index in [9.17, 15) is 0 Å². The van der Waals surface area contributed by atoms with E-state index in [1.54, 1.807) is 12.4 Å². The van der Waals surface area contributed by atoms with Crippen molar-refractivity contribution in [3.63, 3.8) is 0 Å². The van der Waals surface area contributed by atoms with Gasteiger partial charge >= 0.3 is 0 Å². The van der Waals surface area contributed by atoms with Crippen LogP contribution >= 0.6 is 7.14 Å². The normalized spacial score (nSPS) is 14.2. The largest absolute Gasteiger partial charge is 0.309 e. The molecule has 4 heteroatoms. The molecule has 7 aromatic carbocycles. The zero-order valence-corrected chi connectivity index (χ0v) is 29.2. The lowest BCUT2D eigenvalue weighted by atomic mass is 9.67. The van der Waals surface area contributed by atoms with Crippen LogP contribution in [0.5, 0.6) is 0 Å². The first kappa shape index (κ1) is 30.5. The maximum absolute atomic E-state index is 15.3. The molecular weight excluding hydrogens is 652 g/mol. The molecule has 0 spiro atoms. The van der Waals surface area contributed by atoms with Gasteiger partial charge in [-0.2, -0.15) is 0 Å². The Morgan fingerprint density at radius 1 is 0.462 bits per heavy atom. The van der Waals surface area contributed by atoms with Crippen LogP contribution in [0.3, 0.4) is 0 Å². The summed E-state index contributed by atoms with van der Waals surface area (Å²) in [6.45, 7) is 0. The van der Waals surface area contributed by atoms with Crippen LogP contribution in [0.25, 0.3) is 38.6 Å². The fourth-order valence-electron chi connectivity index (χ4n) is 8.63. The number of nitrogens with zero attached hydrogens (tertiary/aromatic N) is 2. The Kier molecular flexibility index (Phi) is 6.99. The van der Waals surface area contributed by atoms with Crippen molar-refractivity contribution >= 4 is 44.9 Å². The molecule has 0 amide bonds. The molecule has 2 aromatic heterocycles. The van der Waals surface area contributed by atoms with E-state index >= 15 is 4.57 Å². The number of fused-ring (bicyclic) bond motifs is 6. The molecule has 52 heavy (non-hydrogen) atoms. The minimum atomic E-state index is -3.21. The van der Waals surface area contributed by atoms with Crippen molar-refractivity contribution in [3.05, 3.63) is 223 Å². The second-order valence-corrected chi connectivity index (χ2v) is 16.2. The van der Waals surface area contributed by atoms with Gasteiger partial charge in [0.2, 0.25) is 0 Å². The molecule has 2 heterocycles. The molecule has 1 unspecified atom stereocenters. The summed E-state index contributed by atoms with van der Waals surface area (Å²) in [7, 11) is -3.21. The molecule has 3 nitrogen and oxygen atoms in total. The third-order valence-electron chi connectivity index (χ3n) is 10.9. The van der Waals surface area contributed by atoms with Gasteiger partial charge in [-0.3, -0.25) is 4.98 Å². The van der Waals surface area contributed by atoms with Crippen LogP contribution in [0.2, 0.25) is 0 Å². The van der Waals surface area contributed by atoms with E-state index in [0.717, 1.165) is 27.2 Å². The van der Waals surface area contributed by atoms with Gasteiger partial charge in [0.25, 0.3) is 0 Å². The van der Waals surface area contributed by atoms with E-state index < -0.39 is 12.6 Å². The van der Waals surface area contributed by atoms with Crippen LogP contribution in [-0.2, 0) is 9.98 Å². The summed E-state index contributed by atoms with van der Waals surface area (Å²) in [5, 5.41) is 4.72. The average molecular weight is 685 g/mol. The SMILES string of the molecule is O=P(c1ccccc1)(c1ccc(C2(c3ccc4c(c3)c3ccccc3n4-c3ccccc3)c3ccccc3-c3ccccc32)cc1)c1cccnc1. The van der Waals surface area contributed by atoms with Crippen molar-refractivity contribution in [1.82, 2.24) is 9.55 Å². The third kappa shape index (κ3) is 4.33. The lowest BCUT2D eigenvalue weighted by Crippen LogP contribution is -2.30. The van der Waals surface area contributed by atoms with Crippen LogP contribution < -0.4 is 15.9 Å². The second-order valence-electron chi connectivity index (χ2n) is 13.5. The molecule has 9 aromatic rings. The molecule has 0 N–H and O–H groups in total. The van der Waals surface area contributed by atoms with Gasteiger partial charge in [-0.1, -0.05) is 146 Å². The van der Waals surface area contributed by atoms with Crippen molar-refractivity contribution in [3.8, 4) is 16.8 Å². The molecule has 0 fully saturated rings. The van der Waals surface area contributed by atoms with Gasteiger partial charge in [-0.15, -0.1) is 0 Å². The van der Waals surface area contributed by atoms with E-state index in [-0.39, 0.29) is 0 Å². The molecule has 0 saturated carbocycles. The highest BCUT2D eigenvalue weighted by Gasteiger charge is 2.46. The minimum Gasteiger partial charge on any atom is -0.309 e. The number of pyridine rings is 1. The fourth-order valence-corrected chi connectivity index (χ4v) is 11.2. The molecule has 0 radical (unpaired) electrons. The smallest absolute Gasteiger partial charge is 0.172 e.